The summed E-state index contributed by atoms with van der Waals surface area (Å²) < 4.78 is 23.8. The predicted octanol–water partition coefficient (Wildman–Crippen LogP) is 2.29. The molecule has 2 heterocycles. The van der Waals surface area contributed by atoms with Gasteiger partial charge >= 0.3 is 0 Å². The van der Waals surface area contributed by atoms with Crippen LogP contribution in [0, 0.1) is 12.8 Å². The lowest BCUT2D eigenvalue weighted by Gasteiger charge is -2.39. The molecule has 1 aromatic carbocycles. The van der Waals surface area contributed by atoms with Crippen LogP contribution in [0.2, 0.25) is 0 Å². The average molecular weight is 421 g/mol. The average Bonchev–Trinajstić information content (AvgIpc) is 2.68. The summed E-state index contributed by atoms with van der Waals surface area (Å²) in [5, 5.41) is 3.51. The van der Waals surface area contributed by atoms with E-state index >= 15 is 0 Å². The second-order valence-electron chi connectivity index (χ2n) is 9.13. The minimum atomic E-state index is -3.04. The highest BCUT2D eigenvalue weighted by Gasteiger charge is 2.41. The summed E-state index contributed by atoms with van der Waals surface area (Å²) in [6.07, 6.45) is 2.35. The number of benzene rings is 1. The van der Waals surface area contributed by atoms with Gasteiger partial charge in [-0.2, -0.15) is 0 Å². The number of nitrogens with one attached hydrogen (secondary N) is 1. The molecule has 3 rings (SSSR count). The van der Waals surface area contributed by atoms with Crippen LogP contribution in [0.15, 0.2) is 29.3 Å². The fourth-order valence-corrected chi connectivity index (χ4v) is 5.56. The number of aliphatic imine (C=N–C) groups is 1. The summed E-state index contributed by atoms with van der Waals surface area (Å²) in [6, 6.07) is 8.83. The Kier molecular flexibility index (Phi) is 6.89. The highest BCUT2D eigenvalue weighted by atomic mass is 32.2. The molecule has 0 unspecified atom stereocenters. The van der Waals surface area contributed by atoms with E-state index in [1.807, 2.05) is 13.8 Å². The van der Waals surface area contributed by atoms with Crippen LogP contribution < -0.4 is 5.32 Å². The van der Waals surface area contributed by atoms with E-state index in [1.54, 1.807) is 7.05 Å². The number of guanidine groups is 1. The normalized spacial score (nSPS) is 23.2. The number of hydrogen-bond donors (Lipinski definition) is 1. The van der Waals surface area contributed by atoms with Gasteiger partial charge in [0.1, 0.15) is 0 Å². The lowest BCUT2D eigenvalue weighted by atomic mass is 9.96. The molecule has 0 aromatic heterocycles. The molecular formula is C22H36N4O2S. The first-order valence-electron chi connectivity index (χ1n) is 10.7. The third kappa shape index (κ3) is 5.51. The van der Waals surface area contributed by atoms with Crippen molar-refractivity contribution in [2.75, 3.05) is 45.5 Å². The molecule has 0 radical (unpaired) electrons. The van der Waals surface area contributed by atoms with Gasteiger partial charge in [-0.3, -0.25) is 9.89 Å². The number of aryl methyl sites for hydroxylation is 1. The van der Waals surface area contributed by atoms with E-state index in [1.165, 1.54) is 24.0 Å². The van der Waals surface area contributed by atoms with Gasteiger partial charge in [0.05, 0.1) is 10.5 Å². The molecule has 0 aliphatic carbocycles. The Balaban J connectivity index is 1.45. The van der Waals surface area contributed by atoms with E-state index in [9.17, 15) is 8.42 Å². The Morgan fingerprint density at radius 3 is 2.41 bits per heavy atom. The van der Waals surface area contributed by atoms with Crippen LogP contribution in [-0.2, 0) is 16.4 Å². The number of likely N-dealkylation sites (tertiary alicyclic amines) is 1. The van der Waals surface area contributed by atoms with Gasteiger partial charge in [-0.1, -0.05) is 29.8 Å². The second-order valence-corrected chi connectivity index (χ2v) is 11.9. The highest BCUT2D eigenvalue weighted by molar-refractivity contribution is 7.92. The van der Waals surface area contributed by atoms with Crippen molar-refractivity contribution in [2.24, 2.45) is 10.9 Å². The van der Waals surface area contributed by atoms with Crippen molar-refractivity contribution in [3.63, 3.8) is 0 Å². The van der Waals surface area contributed by atoms with E-state index in [2.05, 4.69) is 51.3 Å². The largest absolute Gasteiger partial charge is 0.356 e. The molecule has 29 heavy (non-hydrogen) atoms. The molecule has 0 spiro atoms. The molecule has 0 saturated carbocycles. The van der Waals surface area contributed by atoms with Crippen LogP contribution >= 0.6 is 0 Å². The molecule has 6 nitrogen and oxygen atoms in total. The van der Waals surface area contributed by atoms with Crippen molar-refractivity contribution in [1.29, 1.82) is 0 Å². The van der Waals surface area contributed by atoms with Gasteiger partial charge in [0.2, 0.25) is 0 Å². The van der Waals surface area contributed by atoms with Gasteiger partial charge < -0.3 is 10.2 Å². The number of hydrogen-bond acceptors (Lipinski definition) is 4. The number of piperidine rings is 1. The molecule has 2 aliphatic heterocycles. The van der Waals surface area contributed by atoms with E-state index < -0.39 is 14.6 Å². The van der Waals surface area contributed by atoms with Gasteiger partial charge in [-0.25, -0.2) is 8.42 Å². The summed E-state index contributed by atoms with van der Waals surface area (Å²) in [7, 11) is -1.26. The van der Waals surface area contributed by atoms with Crippen LogP contribution in [-0.4, -0.2) is 74.4 Å². The molecule has 162 valence electrons. The van der Waals surface area contributed by atoms with Crippen LogP contribution in [0.5, 0.6) is 0 Å². The molecular weight excluding hydrogens is 384 g/mol. The van der Waals surface area contributed by atoms with Gasteiger partial charge in [-0.05, 0) is 58.2 Å². The molecule has 1 aromatic rings. The summed E-state index contributed by atoms with van der Waals surface area (Å²) >= 11 is 0. The summed E-state index contributed by atoms with van der Waals surface area (Å²) in [4.78, 5) is 9.04. The minimum Gasteiger partial charge on any atom is -0.356 e. The van der Waals surface area contributed by atoms with Gasteiger partial charge in [0.25, 0.3) is 0 Å². The van der Waals surface area contributed by atoms with Crippen molar-refractivity contribution in [3.05, 3.63) is 35.4 Å². The number of sulfone groups is 1. The topological polar surface area (TPSA) is 65.0 Å². The van der Waals surface area contributed by atoms with Gasteiger partial charge in [0, 0.05) is 33.2 Å². The summed E-state index contributed by atoms with van der Waals surface area (Å²) in [6.45, 7) is 10.9. The van der Waals surface area contributed by atoms with Crippen LogP contribution in [0.1, 0.15) is 37.8 Å². The van der Waals surface area contributed by atoms with Gasteiger partial charge in [0.15, 0.2) is 15.8 Å². The first-order valence-corrected chi connectivity index (χ1v) is 12.3. The van der Waals surface area contributed by atoms with E-state index in [4.69, 9.17) is 0 Å². The highest BCUT2D eigenvalue weighted by Crippen LogP contribution is 2.24. The van der Waals surface area contributed by atoms with E-state index in [-0.39, 0.29) is 5.75 Å². The maximum absolute atomic E-state index is 12.3. The monoisotopic (exact) mass is 420 g/mol. The Hall–Kier alpha value is -1.60. The van der Waals surface area contributed by atoms with Crippen molar-refractivity contribution >= 4 is 15.8 Å². The zero-order valence-electron chi connectivity index (χ0n) is 18.3. The fourth-order valence-electron chi connectivity index (χ4n) is 4.19. The molecule has 2 fully saturated rings. The second kappa shape index (κ2) is 9.04. The zero-order chi connectivity index (χ0) is 21.1. The molecule has 0 amide bonds. The SMILES string of the molecule is CN=C(NCC1CCN(Cc2ccc(C)cc2)CC1)N1CCS(=O)(=O)C(C)(C)C1. The Labute approximate surface area is 176 Å². The van der Waals surface area contributed by atoms with Crippen LogP contribution in [0.25, 0.3) is 0 Å². The number of nitrogens with zero attached hydrogens (tertiary/aromatic N) is 3. The maximum atomic E-state index is 12.3. The zero-order valence-corrected chi connectivity index (χ0v) is 19.1. The molecule has 7 heteroatoms. The molecule has 1 N–H and O–H groups in total. The van der Waals surface area contributed by atoms with Crippen molar-refractivity contribution in [3.8, 4) is 0 Å². The third-order valence-electron chi connectivity index (χ3n) is 6.34. The van der Waals surface area contributed by atoms with Crippen molar-refractivity contribution < 1.29 is 8.42 Å². The standard InChI is InChI=1S/C22H36N4O2S/c1-18-5-7-20(8-6-18)16-25-11-9-19(10-12-25)15-24-21(23-4)26-13-14-29(27,28)22(2,3)17-26/h5-8,19H,9-17H2,1-4H3,(H,23,24). The molecule has 2 aliphatic rings. The summed E-state index contributed by atoms with van der Waals surface area (Å²) in [5.74, 6) is 1.65. The molecule has 2 saturated heterocycles. The first-order chi connectivity index (χ1) is 13.7. The first kappa shape index (κ1) is 22.1. The Morgan fingerprint density at radius 2 is 1.83 bits per heavy atom. The van der Waals surface area contributed by atoms with E-state index in [0.717, 1.165) is 32.1 Å². The number of rotatable bonds is 4. The lowest BCUT2D eigenvalue weighted by molar-refractivity contribution is 0.177. The summed E-state index contributed by atoms with van der Waals surface area (Å²) in [5.41, 5.74) is 2.69. The molecule has 0 atom stereocenters. The van der Waals surface area contributed by atoms with Crippen molar-refractivity contribution in [1.82, 2.24) is 15.1 Å². The lowest BCUT2D eigenvalue weighted by Crippen LogP contribution is -2.57. The fraction of sp³-hybridized carbons (Fsp3) is 0.682. The van der Waals surface area contributed by atoms with Crippen molar-refractivity contribution in [2.45, 2.75) is 44.9 Å². The van der Waals surface area contributed by atoms with E-state index in [0.29, 0.717) is 19.0 Å². The predicted molar refractivity (Wildman–Crippen MR) is 120 cm³/mol. The van der Waals surface area contributed by atoms with Crippen LogP contribution in [0.4, 0.5) is 0 Å². The van der Waals surface area contributed by atoms with Gasteiger partial charge in [-0.15, -0.1) is 0 Å². The maximum Gasteiger partial charge on any atom is 0.193 e. The minimum absolute atomic E-state index is 0.193. The Bertz CT molecular complexity index is 810. The third-order valence-corrected chi connectivity index (χ3v) is 8.87. The smallest absolute Gasteiger partial charge is 0.193 e. The quantitative estimate of drug-likeness (QED) is 0.598. The Morgan fingerprint density at radius 1 is 1.17 bits per heavy atom. The molecule has 0 bridgehead atoms. The van der Waals surface area contributed by atoms with Crippen LogP contribution in [0.3, 0.4) is 0 Å².